The van der Waals surface area contributed by atoms with Crippen LogP contribution in [0, 0.1) is 28.6 Å². The molecule has 0 aromatic carbocycles. The highest BCUT2D eigenvalue weighted by Gasteiger charge is 2.59. The van der Waals surface area contributed by atoms with Gasteiger partial charge in [-0.05, 0) is 67.3 Å². The fourth-order valence-electron chi connectivity index (χ4n) is 6.46. The van der Waals surface area contributed by atoms with Crippen molar-refractivity contribution in [2.45, 2.75) is 65.2 Å². The van der Waals surface area contributed by atoms with E-state index in [2.05, 4.69) is 13.8 Å². The summed E-state index contributed by atoms with van der Waals surface area (Å²) in [4.78, 5) is 24.2. The first-order valence-corrected chi connectivity index (χ1v) is 8.87. The summed E-state index contributed by atoms with van der Waals surface area (Å²) >= 11 is 0. The Balaban J connectivity index is 1.73. The molecular weight excluding hydrogens is 276 g/mol. The van der Waals surface area contributed by atoms with Crippen molar-refractivity contribution in [2.24, 2.45) is 28.6 Å². The van der Waals surface area contributed by atoms with Gasteiger partial charge in [-0.15, -0.1) is 0 Å². The molecule has 22 heavy (non-hydrogen) atoms. The molecule has 4 aliphatic rings. The summed E-state index contributed by atoms with van der Waals surface area (Å²) in [5.41, 5.74) is 0.914. The van der Waals surface area contributed by atoms with E-state index in [-0.39, 0.29) is 22.4 Å². The second-order valence-electron chi connectivity index (χ2n) is 8.50. The van der Waals surface area contributed by atoms with Gasteiger partial charge in [0.1, 0.15) is 5.78 Å². The van der Waals surface area contributed by atoms with Crippen molar-refractivity contribution in [1.29, 1.82) is 0 Å². The third kappa shape index (κ3) is 1.63. The maximum Gasteiger partial charge on any atom is 0.197 e. The number of hydrogen-bond donors (Lipinski definition) is 1. The van der Waals surface area contributed by atoms with Crippen LogP contribution in [0.4, 0.5) is 0 Å². The van der Waals surface area contributed by atoms with Crippen LogP contribution in [0.15, 0.2) is 11.3 Å². The Morgan fingerprint density at radius 2 is 1.64 bits per heavy atom. The fourth-order valence-corrected chi connectivity index (χ4v) is 6.46. The van der Waals surface area contributed by atoms with E-state index in [4.69, 9.17) is 0 Å². The van der Waals surface area contributed by atoms with E-state index < -0.39 is 0 Å². The Labute approximate surface area is 132 Å². The Hall–Kier alpha value is -1.12. The fraction of sp³-hybridized carbons (Fsp3) is 0.789. The van der Waals surface area contributed by atoms with E-state index in [1.54, 1.807) is 0 Å². The largest absolute Gasteiger partial charge is 0.504 e. The molecule has 3 saturated carbocycles. The summed E-state index contributed by atoms with van der Waals surface area (Å²) in [6.07, 6.45) is 7.13. The van der Waals surface area contributed by atoms with E-state index >= 15 is 0 Å². The number of aliphatic hydroxyl groups excluding tert-OH is 1. The van der Waals surface area contributed by atoms with Gasteiger partial charge in [-0.25, -0.2) is 0 Å². The standard InChI is InChI=1S/C19H26O3/c1-18-10-8-15(20)17(22)14(18)4-3-11-12-5-6-16(21)19(12,2)9-7-13(11)18/h11-13,22H,3-10H2,1-2H3/t11-,12-,13-,18+,19-/m1/s1. The van der Waals surface area contributed by atoms with Gasteiger partial charge in [0.2, 0.25) is 0 Å². The number of hydrogen-bond acceptors (Lipinski definition) is 3. The Kier molecular flexibility index (Phi) is 2.93. The predicted molar refractivity (Wildman–Crippen MR) is 83.3 cm³/mol. The highest BCUT2D eigenvalue weighted by Crippen LogP contribution is 2.64. The van der Waals surface area contributed by atoms with Crippen molar-refractivity contribution >= 4 is 11.6 Å². The molecule has 0 heterocycles. The molecule has 3 heteroatoms. The first-order valence-electron chi connectivity index (χ1n) is 8.87. The zero-order valence-electron chi connectivity index (χ0n) is 13.7. The Morgan fingerprint density at radius 1 is 0.909 bits per heavy atom. The van der Waals surface area contributed by atoms with Crippen LogP contribution in [0.1, 0.15) is 65.2 Å². The summed E-state index contributed by atoms with van der Waals surface area (Å²) in [5, 5.41) is 10.3. The third-order valence-corrected chi connectivity index (χ3v) is 7.80. The molecule has 0 aliphatic heterocycles. The van der Waals surface area contributed by atoms with Crippen LogP contribution in [0.2, 0.25) is 0 Å². The maximum atomic E-state index is 12.4. The van der Waals surface area contributed by atoms with Gasteiger partial charge < -0.3 is 5.11 Å². The normalized spacial score (nSPS) is 48.0. The molecule has 1 N–H and O–H groups in total. The first kappa shape index (κ1) is 14.5. The molecule has 120 valence electrons. The Morgan fingerprint density at radius 3 is 2.41 bits per heavy atom. The molecule has 3 fully saturated rings. The van der Waals surface area contributed by atoms with Crippen LogP contribution in [0.3, 0.4) is 0 Å². The molecule has 0 amide bonds. The number of rotatable bonds is 0. The van der Waals surface area contributed by atoms with E-state index in [1.165, 1.54) is 0 Å². The van der Waals surface area contributed by atoms with Crippen LogP contribution in [-0.2, 0) is 9.59 Å². The van der Waals surface area contributed by atoms with E-state index in [1.807, 2.05) is 0 Å². The molecule has 0 aromatic heterocycles. The third-order valence-electron chi connectivity index (χ3n) is 7.80. The Bertz CT molecular complexity index is 589. The lowest BCUT2D eigenvalue weighted by Gasteiger charge is -2.56. The lowest BCUT2D eigenvalue weighted by molar-refractivity contribution is -0.133. The zero-order chi connectivity index (χ0) is 15.7. The predicted octanol–water partition coefficient (Wildman–Crippen LogP) is 3.97. The number of fused-ring (bicyclic) bond motifs is 5. The van der Waals surface area contributed by atoms with Gasteiger partial charge in [-0.3, -0.25) is 9.59 Å². The second kappa shape index (κ2) is 4.46. The monoisotopic (exact) mass is 302 g/mol. The summed E-state index contributed by atoms with van der Waals surface area (Å²) in [6, 6.07) is 0. The minimum absolute atomic E-state index is 0.0200. The zero-order valence-corrected chi connectivity index (χ0v) is 13.7. The number of allylic oxidation sites excluding steroid dienone is 1. The molecule has 0 spiro atoms. The maximum absolute atomic E-state index is 12.4. The van der Waals surface area contributed by atoms with Gasteiger partial charge in [0, 0.05) is 18.3 Å². The van der Waals surface area contributed by atoms with E-state index in [0.29, 0.717) is 30.0 Å². The quantitative estimate of drug-likeness (QED) is 0.736. The number of aliphatic hydroxyl groups is 1. The number of carbonyl (C=O) groups excluding carboxylic acids is 2. The molecule has 0 radical (unpaired) electrons. The van der Waals surface area contributed by atoms with Crippen LogP contribution in [0.5, 0.6) is 0 Å². The van der Waals surface area contributed by atoms with Crippen molar-refractivity contribution in [1.82, 2.24) is 0 Å². The smallest absolute Gasteiger partial charge is 0.197 e. The van der Waals surface area contributed by atoms with Crippen molar-refractivity contribution in [3.63, 3.8) is 0 Å². The summed E-state index contributed by atoms with van der Waals surface area (Å²) in [6.45, 7) is 4.46. The van der Waals surface area contributed by atoms with Crippen molar-refractivity contribution in [3.05, 3.63) is 11.3 Å². The molecule has 5 atom stereocenters. The van der Waals surface area contributed by atoms with Crippen LogP contribution < -0.4 is 0 Å². The molecule has 4 aliphatic carbocycles. The van der Waals surface area contributed by atoms with Crippen molar-refractivity contribution in [3.8, 4) is 0 Å². The number of ketones is 2. The number of Topliss-reactive ketones (excluding diaryl/α,β-unsaturated/α-hetero) is 2. The average Bonchev–Trinajstić information content (AvgIpc) is 2.79. The molecule has 0 saturated heterocycles. The lowest BCUT2D eigenvalue weighted by atomic mass is 9.47. The SMILES string of the molecule is C[C@@]12CC[C@@H]3[C@H](CCC4=C(O)C(=O)CC[C@]43C)[C@H]1CCC2=O. The minimum Gasteiger partial charge on any atom is -0.504 e. The van der Waals surface area contributed by atoms with Crippen LogP contribution >= 0.6 is 0 Å². The van der Waals surface area contributed by atoms with Gasteiger partial charge >= 0.3 is 0 Å². The molecular formula is C19H26O3. The van der Waals surface area contributed by atoms with Crippen molar-refractivity contribution < 1.29 is 14.7 Å². The number of carbonyl (C=O) groups is 2. The van der Waals surface area contributed by atoms with Gasteiger partial charge in [0.15, 0.2) is 11.5 Å². The van der Waals surface area contributed by atoms with Crippen molar-refractivity contribution in [2.75, 3.05) is 0 Å². The van der Waals surface area contributed by atoms with E-state index in [9.17, 15) is 14.7 Å². The topological polar surface area (TPSA) is 54.4 Å². The lowest BCUT2D eigenvalue weighted by Crippen LogP contribution is -2.51. The summed E-state index contributed by atoms with van der Waals surface area (Å²) in [5.74, 6) is 2.14. The van der Waals surface area contributed by atoms with Crippen LogP contribution in [-0.4, -0.2) is 16.7 Å². The molecule has 4 rings (SSSR count). The van der Waals surface area contributed by atoms with Gasteiger partial charge in [0.05, 0.1) is 0 Å². The van der Waals surface area contributed by atoms with Gasteiger partial charge in [-0.2, -0.15) is 0 Å². The second-order valence-corrected chi connectivity index (χ2v) is 8.50. The molecule has 0 aromatic rings. The van der Waals surface area contributed by atoms with E-state index in [0.717, 1.165) is 50.5 Å². The first-order chi connectivity index (χ1) is 10.4. The average molecular weight is 302 g/mol. The molecule has 0 unspecified atom stereocenters. The highest BCUT2D eigenvalue weighted by molar-refractivity contribution is 5.95. The summed E-state index contributed by atoms with van der Waals surface area (Å²) < 4.78 is 0. The highest BCUT2D eigenvalue weighted by atomic mass is 16.3. The molecule has 3 nitrogen and oxygen atoms in total. The van der Waals surface area contributed by atoms with Gasteiger partial charge in [-0.1, -0.05) is 13.8 Å². The van der Waals surface area contributed by atoms with Crippen LogP contribution in [0.25, 0.3) is 0 Å². The summed E-state index contributed by atoms with van der Waals surface area (Å²) in [7, 11) is 0. The minimum atomic E-state index is -0.0920. The van der Waals surface area contributed by atoms with Gasteiger partial charge in [0.25, 0.3) is 0 Å². The molecule has 0 bridgehead atoms.